The molecular formula is C29H26N2O6. The highest BCUT2D eigenvalue weighted by Gasteiger charge is 2.16. The van der Waals surface area contributed by atoms with E-state index in [0.717, 1.165) is 22.1 Å². The predicted octanol–water partition coefficient (Wildman–Crippen LogP) is 5.09. The summed E-state index contributed by atoms with van der Waals surface area (Å²) >= 11 is 0. The molecule has 1 amide bonds. The minimum atomic E-state index is -0.549. The number of amides is 1. The van der Waals surface area contributed by atoms with Crippen LogP contribution < -0.4 is 15.1 Å². The fraction of sp³-hybridized carbons (Fsp3) is 0.207. The standard InChI is InChI=1S/C29H26N2O6/c1-20-15-29(33)37-28-13-12-26(16-27(20)28)35-14-2-3-24(31(34)19-32)18-36-25-10-8-23(9-11-25)22-6-4-21(17-30)5-7-22/h4-13,15-16,19,24,34H,2-3,14,18H2,1H3/t24-/m1/s1. The van der Waals surface area contributed by atoms with Crippen LogP contribution in [0.3, 0.4) is 0 Å². The molecule has 0 radical (unpaired) electrons. The molecule has 188 valence electrons. The summed E-state index contributed by atoms with van der Waals surface area (Å²) in [6.07, 6.45) is 1.39. The van der Waals surface area contributed by atoms with Gasteiger partial charge in [-0.1, -0.05) is 24.3 Å². The summed E-state index contributed by atoms with van der Waals surface area (Å²) in [5.41, 5.74) is 3.48. The molecular weight excluding hydrogens is 472 g/mol. The number of ether oxygens (including phenoxy) is 2. The average molecular weight is 499 g/mol. The van der Waals surface area contributed by atoms with Gasteiger partial charge in [0.1, 0.15) is 23.7 Å². The Kier molecular flexibility index (Phi) is 8.18. The van der Waals surface area contributed by atoms with Crippen LogP contribution in [0.1, 0.15) is 24.0 Å². The lowest BCUT2D eigenvalue weighted by molar-refractivity contribution is -0.163. The third-order valence-electron chi connectivity index (χ3n) is 6.00. The Bertz CT molecular complexity index is 1460. The molecule has 8 nitrogen and oxygen atoms in total. The van der Waals surface area contributed by atoms with Crippen molar-refractivity contribution in [2.75, 3.05) is 13.2 Å². The van der Waals surface area contributed by atoms with E-state index in [-0.39, 0.29) is 6.61 Å². The van der Waals surface area contributed by atoms with Gasteiger partial charge in [0, 0.05) is 11.5 Å². The molecule has 0 unspecified atom stereocenters. The van der Waals surface area contributed by atoms with Crippen LogP contribution in [0, 0.1) is 18.3 Å². The van der Waals surface area contributed by atoms with Crippen LogP contribution in [-0.2, 0) is 4.79 Å². The summed E-state index contributed by atoms with van der Waals surface area (Å²) in [5.74, 6) is 1.24. The van der Waals surface area contributed by atoms with Crippen LogP contribution in [0.15, 0.2) is 82.0 Å². The van der Waals surface area contributed by atoms with E-state index in [2.05, 4.69) is 6.07 Å². The molecule has 1 N–H and O–H groups in total. The summed E-state index contributed by atoms with van der Waals surface area (Å²) in [6, 6.07) is 23.0. The Balaban J connectivity index is 1.30. The summed E-state index contributed by atoms with van der Waals surface area (Å²) in [4.78, 5) is 22.7. The number of hydrogen-bond donors (Lipinski definition) is 1. The largest absolute Gasteiger partial charge is 0.494 e. The van der Waals surface area contributed by atoms with E-state index in [1.54, 1.807) is 24.3 Å². The summed E-state index contributed by atoms with van der Waals surface area (Å²) < 4.78 is 16.8. The molecule has 1 aromatic heterocycles. The van der Waals surface area contributed by atoms with Crippen molar-refractivity contribution >= 4 is 17.4 Å². The molecule has 1 atom stereocenters. The van der Waals surface area contributed by atoms with Crippen molar-refractivity contribution in [2.45, 2.75) is 25.8 Å². The number of fused-ring (bicyclic) bond motifs is 1. The first-order valence-corrected chi connectivity index (χ1v) is 11.8. The number of nitrogens with zero attached hydrogens (tertiary/aromatic N) is 2. The Morgan fingerprint density at radius 1 is 1.00 bits per heavy atom. The van der Waals surface area contributed by atoms with E-state index in [0.29, 0.717) is 53.6 Å². The number of hydroxylamine groups is 2. The van der Waals surface area contributed by atoms with Crippen LogP contribution in [0.4, 0.5) is 0 Å². The van der Waals surface area contributed by atoms with Crippen LogP contribution in [0.5, 0.6) is 11.5 Å². The summed E-state index contributed by atoms with van der Waals surface area (Å²) in [5, 5.41) is 20.4. The second kappa shape index (κ2) is 11.9. The number of nitriles is 1. The van der Waals surface area contributed by atoms with Crippen molar-refractivity contribution in [3.63, 3.8) is 0 Å². The first-order chi connectivity index (χ1) is 18.0. The zero-order chi connectivity index (χ0) is 26.2. The van der Waals surface area contributed by atoms with Gasteiger partial charge in [0.15, 0.2) is 0 Å². The van der Waals surface area contributed by atoms with E-state index < -0.39 is 11.7 Å². The first-order valence-electron chi connectivity index (χ1n) is 11.8. The van der Waals surface area contributed by atoms with E-state index in [9.17, 15) is 14.8 Å². The summed E-state index contributed by atoms with van der Waals surface area (Å²) in [6.45, 7) is 2.31. The maximum Gasteiger partial charge on any atom is 0.336 e. The van der Waals surface area contributed by atoms with Crippen molar-refractivity contribution in [1.82, 2.24) is 5.06 Å². The van der Waals surface area contributed by atoms with E-state index in [1.165, 1.54) is 6.07 Å². The molecule has 0 fully saturated rings. The molecule has 0 aliphatic rings. The number of benzene rings is 3. The number of hydrogen-bond acceptors (Lipinski definition) is 7. The zero-order valence-electron chi connectivity index (χ0n) is 20.3. The number of rotatable bonds is 11. The van der Waals surface area contributed by atoms with Gasteiger partial charge in [-0.15, -0.1) is 0 Å². The van der Waals surface area contributed by atoms with Crippen LogP contribution in [-0.4, -0.2) is 35.9 Å². The van der Waals surface area contributed by atoms with Crippen LogP contribution in [0.25, 0.3) is 22.1 Å². The normalized spacial score (nSPS) is 11.5. The van der Waals surface area contributed by atoms with Crippen molar-refractivity contribution in [1.29, 1.82) is 5.26 Å². The minimum Gasteiger partial charge on any atom is -0.494 e. The highest BCUT2D eigenvalue weighted by molar-refractivity contribution is 5.81. The minimum absolute atomic E-state index is 0.111. The number of carbonyl (C=O) groups excluding carboxylic acids is 1. The van der Waals surface area contributed by atoms with Crippen molar-refractivity contribution in [2.24, 2.45) is 0 Å². The fourth-order valence-electron chi connectivity index (χ4n) is 3.95. The predicted molar refractivity (Wildman–Crippen MR) is 138 cm³/mol. The molecule has 0 aliphatic carbocycles. The molecule has 4 rings (SSSR count). The quantitative estimate of drug-likeness (QED) is 0.101. The Hall–Kier alpha value is -4.61. The number of aryl methyl sites for hydroxylation is 1. The number of carbonyl (C=O) groups is 1. The van der Waals surface area contributed by atoms with Gasteiger partial charge in [0.25, 0.3) is 0 Å². The van der Waals surface area contributed by atoms with Gasteiger partial charge in [-0.2, -0.15) is 5.26 Å². The maximum atomic E-state index is 11.5. The second-order valence-corrected chi connectivity index (χ2v) is 8.56. The van der Waals surface area contributed by atoms with E-state index in [1.807, 2.05) is 49.4 Å². The first kappa shape index (κ1) is 25.5. The smallest absolute Gasteiger partial charge is 0.336 e. The molecule has 0 aliphatic heterocycles. The lowest BCUT2D eigenvalue weighted by Gasteiger charge is -2.23. The average Bonchev–Trinajstić information content (AvgIpc) is 2.92. The molecule has 37 heavy (non-hydrogen) atoms. The lowest BCUT2D eigenvalue weighted by Crippen LogP contribution is -2.36. The second-order valence-electron chi connectivity index (χ2n) is 8.56. The Morgan fingerprint density at radius 3 is 2.35 bits per heavy atom. The van der Waals surface area contributed by atoms with Crippen LogP contribution >= 0.6 is 0 Å². The molecule has 3 aromatic carbocycles. The maximum absolute atomic E-state index is 11.5. The van der Waals surface area contributed by atoms with E-state index in [4.69, 9.17) is 19.2 Å². The summed E-state index contributed by atoms with van der Waals surface area (Å²) in [7, 11) is 0. The highest BCUT2D eigenvalue weighted by Crippen LogP contribution is 2.24. The highest BCUT2D eigenvalue weighted by atomic mass is 16.5. The zero-order valence-corrected chi connectivity index (χ0v) is 20.3. The van der Waals surface area contributed by atoms with Gasteiger partial charge in [-0.25, -0.2) is 9.86 Å². The van der Waals surface area contributed by atoms with Gasteiger partial charge in [-0.05, 0) is 78.9 Å². The molecule has 0 saturated heterocycles. The van der Waals surface area contributed by atoms with Crippen molar-refractivity contribution < 1.29 is 23.9 Å². The Morgan fingerprint density at radius 2 is 1.68 bits per heavy atom. The topological polar surface area (TPSA) is 113 Å². The molecule has 8 heteroatoms. The van der Waals surface area contributed by atoms with Gasteiger partial charge >= 0.3 is 5.63 Å². The van der Waals surface area contributed by atoms with Crippen molar-refractivity contribution in [3.8, 4) is 28.7 Å². The monoisotopic (exact) mass is 498 g/mol. The van der Waals surface area contributed by atoms with Crippen LogP contribution in [0.2, 0.25) is 0 Å². The van der Waals surface area contributed by atoms with Gasteiger partial charge < -0.3 is 13.9 Å². The fourth-order valence-corrected chi connectivity index (χ4v) is 3.95. The van der Waals surface area contributed by atoms with E-state index >= 15 is 0 Å². The molecule has 0 spiro atoms. The lowest BCUT2D eigenvalue weighted by atomic mass is 10.0. The molecule has 1 heterocycles. The van der Waals surface area contributed by atoms with Crippen molar-refractivity contribution in [3.05, 3.63) is 94.3 Å². The van der Waals surface area contributed by atoms with Gasteiger partial charge in [0.05, 0.1) is 24.3 Å². The Labute approximate surface area is 213 Å². The molecule has 4 aromatic rings. The van der Waals surface area contributed by atoms with Gasteiger partial charge in [0.2, 0.25) is 6.41 Å². The molecule has 0 bridgehead atoms. The third-order valence-corrected chi connectivity index (χ3v) is 6.00. The third kappa shape index (κ3) is 6.54. The van der Waals surface area contributed by atoms with Gasteiger partial charge in [-0.3, -0.25) is 10.0 Å². The SMILES string of the molecule is Cc1cc(=O)oc2ccc(OCCC[C@H](COc3ccc(-c4ccc(C#N)cc4)cc3)N(O)C=O)cc12. The molecule has 0 saturated carbocycles.